The summed E-state index contributed by atoms with van der Waals surface area (Å²) in [4.78, 5) is 12.7. The molecule has 0 bridgehead atoms. The minimum atomic E-state index is -0.819. The van der Waals surface area contributed by atoms with Crippen LogP contribution < -0.4 is 24.7 Å². The molecule has 7 heteroatoms. The summed E-state index contributed by atoms with van der Waals surface area (Å²) in [7, 11) is 0. The van der Waals surface area contributed by atoms with Gasteiger partial charge in [0.15, 0.2) is 6.10 Å². The summed E-state index contributed by atoms with van der Waals surface area (Å²) < 4.78 is 22.7. The number of benzene rings is 3. The van der Waals surface area contributed by atoms with Crippen molar-refractivity contribution in [2.24, 2.45) is 5.73 Å². The van der Waals surface area contributed by atoms with Gasteiger partial charge in [0.1, 0.15) is 34.6 Å². The maximum absolute atomic E-state index is 12.7. The van der Waals surface area contributed by atoms with Crippen LogP contribution in [0.5, 0.6) is 23.0 Å². The Balaban J connectivity index is 1.52. The number of hydrogen-bond donors (Lipinski definition) is 1. The minimum Gasteiger partial charge on any atom is -0.494 e. The van der Waals surface area contributed by atoms with Crippen LogP contribution in [0.25, 0.3) is 0 Å². The molecule has 2 N–H and O–H groups in total. The van der Waals surface area contributed by atoms with Crippen LogP contribution in [-0.2, 0) is 11.2 Å². The molecule has 0 radical (unpaired) electrons. The van der Waals surface area contributed by atoms with E-state index in [1.807, 2.05) is 55.5 Å². The lowest BCUT2D eigenvalue weighted by molar-refractivity contribution is -0.141. The lowest BCUT2D eigenvalue weighted by Gasteiger charge is -2.27. The van der Waals surface area contributed by atoms with Gasteiger partial charge in [0.25, 0.3) is 0 Å². The Hall–Kier alpha value is -4.44. The van der Waals surface area contributed by atoms with Gasteiger partial charge in [-0.1, -0.05) is 44.2 Å². The molecule has 0 spiro atoms. The molecule has 3 aromatic rings. The monoisotopic (exact) mass is 498 g/mol. The van der Waals surface area contributed by atoms with Gasteiger partial charge in [0, 0.05) is 11.6 Å². The number of nitriles is 1. The summed E-state index contributed by atoms with van der Waals surface area (Å²) in [6.45, 7) is 6.38. The summed E-state index contributed by atoms with van der Waals surface area (Å²) in [5.74, 6) is 1.10. The van der Waals surface area contributed by atoms with E-state index in [2.05, 4.69) is 13.0 Å². The van der Waals surface area contributed by atoms with Crippen molar-refractivity contribution in [3.8, 4) is 29.1 Å². The highest BCUT2D eigenvalue weighted by Crippen LogP contribution is 2.43. The Bertz CT molecular complexity index is 1320. The van der Waals surface area contributed by atoms with Gasteiger partial charge in [0.05, 0.1) is 12.5 Å². The maximum Gasteiger partial charge on any atom is 0.352 e. The van der Waals surface area contributed by atoms with Crippen molar-refractivity contribution in [3.63, 3.8) is 0 Å². The number of fused-ring (bicyclic) bond motifs is 1. The Morgan fingerprint density at radius 2 is 1.70 bits per heavy atom. The zero-order valence-electron chi connectivity index (χ0n) is 21.2. The molecule has 0 saturated heterocycles. The lowest BCUT2D eigenvalue weighted by Crippen LogP contribution is -2.28. The zero-order chi connectivity index (χ0) is 26.4. The number of esters is 1. The molecule has 2 atom stereocenters. The van der Waals surface area contributed by atoms with E-state index < -0.39 is 18.0 Å². The Morgan fingerprint density at radius 1 is 1.03 bits per heavy atom. The highest BCUT2D eigenvalue weighted by molar-refractivity contribution is 5.77. The second-order valence-electron chi connectivity index (χ2n) is 8.72. The average Bonchev–Trinajstić information content (AvgIpc) is 2.91. The van der Waals surface area contributed by atoms with E-state index >= 15 is 0 Å². The molecule has 190 valence electrons. The molecule has 7 nitrogen and oxygen atoms in total. The van der Waals surface area contributed by atoms with Crippen molar-refractivity contribution in [2.45, 2.75) is 45.6 Å². The standard InChI is InChI=1S/C30H30N2O5/c1-4-16-34-22-12-8-21(9-13-22)28-25-15-14-24(17-27(25)37-29(32)26(28)18-31)36-30(33)19(3)35-23-10-6-20(5-2)7-11-23/h6-15,17,19,28H,4-5,16,32H2,1-3H3. The van der Waals surface area contributed by atoms with E-state index in [1.165, 1.54) is 5.56 Å². The fraction of sp³-hybridized carbons (Fsp3) is 0.267. The molecular formula is C30H30N2O5. The lowest BCUT2D eigenvalue weighted by atomic mass is 9.83. The molecule has 0 amide bonds. The van der Waals surface area contributed by atoms with E-state index in [4.69, 9.17) is 24.7 Å². The van der Waals surface area contributed by atoms with Gasteiger partial charge in [-0.2, -0.15) is 5.26 Å². The van der Waals surface area contributed by atoms with Crippen LogP contribution in [0, 0.1) is 11.3 Å². The second kappa shape index (κ2) is 11.5. The van der Waals surface area contributed by atoms with Crippen molar-refractivity contribution in [1.82, 2.24) is 0 Å². The highest BCUT2D eigenvalue weighted by atomic mass is 16.6. The number of hydrogen-bond acceptors (Lipinski definition) is 7. The van der Waals surface area contributed by atoms with Crippen molar-refractivity contribution in [2.75, 3.05) is 6.61 Å². The first-order valence-corrected chi connectivity index (χ1v) is 12.3. The van der Waals surface area contributed by atoms with Gasteiger partial charge >= 0.3 is 5.97 Å². The fourth-order valence-electron chi connectivity index (χ4n) is 4.07. The SMILES string of the molecule is CCCOc1ccc(C2C(C#N)=C(N)Oc3cc(OC(=O)C(C)Oc4ccc(CC)cc4)ccc32)cc1. The topological polar surface area (TPSA) is 104 Å². The molecule has 0 fully saturated rings. The van der Waals surface area contributed by atoms with Crippen LogP contribution in [-0.4, -0.2) is 18.7 Å². The summed E-state index contributed by atoms with van der Waals surface area (Å²) in [5, 5.41) is 9.80. The molecule has 0 aliphatic carbocycles. The number of ether oxygens (including phenoxy) is 4. The molecule has 0 aromatic heterocycles. The van der Waals surface area contributed by atoms with E-state index in [-0.39, 0.29) is 11.6 Å². The van der Waals surface area contributed by atoms with Crippen LogP contribution in [0.3, 0.4) is 0 Å². The number of rotatable bonds is 9. The molecule has 0 saturated carbocycles. The smallest absolute Gasteiger partial charge is 0.352 e. The Kier molecular flexibility index (Phi) is 7.99. The first-order chi connectivity index (χ1) is 17.9. The number of nitrogens with zero attached hydrogens (tertiary/aromatic N) is 1. The average molecular weight is 499 g/mol. The molecule has 1 heterocycles. The van der Waals surface area contributed by atoms with Gasteiger partial charge in [0.2, 0.25) is 5.88 Å². The summed E-state index contributed by atoms with van der Waals surface area (Å²) in [6, 6.07) is 22.4. The molecule has 1 aliphatic heterocycles. The molecular weight excluding hydrogens is 468 g/mol. The fourth-order valence-corrected chi connectivity index (χ4v) is 4.07. The Morgan fingerprint density at radius 3 is 2.35 bits per heavy atom. The molecule has 37 heavy (non-hydrogen) atoms. The molecule has 2 unspecified atom stereocenters. The number of allylic oxidation sites excluding steroid dienone is 1. The van der Waals surface area contributed by atoms with Crippen LogP contribution in [0.2, 0.25) is 0 Å². The third kappa shape index (κ3) is 5.87. The van der Waals surface area contributed by atoms with Crippen LogP contribution >= 0.6 is 0 Å². The number of aryl methyl sites for hydroxylation is 1. The summed E-state index contributed by atoms with van der Waals surface area (Å²) in [5.41, 5.74) is 9.23. The van der Waals surface area contributed by atoms with Crippen LogP contribution in [0.1, 0.15) is 49.8 Å². The predicted octanol–water partition coefficient (Wildman–Crippen LogP) is 5.63. The molecule has 1 aliphatic rings. The molecule has 3 aromatic carbocycles. The quantitative estimate of drug-likeness (QED) is 0.301. The van der Waals surface area contributed by atoms with Gasteiger partial charge in [-0.25, -0.2) is 4.79 Å². The first-order valence-electron chi connectivity index (χ1n) is 12.3. The van der Waals surface area contributed by atoms with Crippen molar-refractivity contribution >= 4 is 5.97 Å². The normalized spacial score (nSPS) is 15.1. The number of carbonyl (C=O) groups excluding carboxylic acids is 1. The van der Waals surface area contributed by atoms with Gasteiger partial charge in [-0.3, -0.25) is 0 Å². The Labute approximate surface area is 217 Å². The predicted molar refractivity (Wildman–Crippen MR) is 140 cm³/mol. The first kappa shape index (κ1) is 25.6. The number of nitrogens with two attached hydrogens (primary N) is 1. The highest BCUT2D eigenvalue weighted by Gasteiger charge is 2.31. The largest absolute Gasteiger partial charge is 0.494 e. The third-order valence-electron chi connectivity index (χ3n) is 6.07. The van der Waals surface area contributed by atoms with Gasteiger partial charge in [-0.05, 0) is 61.2 Å². The zero-order valence-corrected chi connectivity index (χ0v) is 21.2. The van der Waals surface area contributed by atoms with E-state index in [0.29, 0.717) is 23.7 Å². The summed E-state index contributed by atoms with van der Waals surface area (Å²) in [6.07, 6.45) is 1.02. The van der Waals surface area contributed by atoms with Gasteiger partial charge < -0.3 is 24.7 Å². The van der Waals surface area contributed by atoms with Gasteiger partial charge in [-0.15, -0.1) is 0 Å². The third-order valence-corrected chi connectivity index (χ3v) is 6.07. The minimum absolute atomic E-state index is 0.0158. The molecule has 4 rings (SSSR count). The van der Waals surface area contributed by atoms with E-state index in [0.717, 1.165) is 29.7 Å². The van der Waals surface area contributed by atoms with Crippen molar-refractivity contribution in [1.29, 1.82) is 5.26 Å². The second-order valence-corrected chi connectivity index (χ2v) is 8.72. The summed E-state index contributed by atoms with van der Waals surface area (Å²) >= 11 is 0. The van der Waals surface area contributed by atoms with Crippen molar-refractivity contribution < 1.29 is 23.7 Å². The van der Waals surface area contributed by atoms with E-state index in [1.54, 1.807) is 25.1 Å². The van der Waals surface area contributed by atoms with E-state index in [9.17, 15) is 10.1 Å². The number of carbonyl (C=O) groups is 1. The van der Waals surface area contributed by atoms with Crippen LogP contribution in [0.15, 0.2) is 78.2 Å². The van der Waals surface area contributed by atoms with Crippen LogP contribution in [0.4, 0.5) is 0 Å². The van der Waals surface area contributed by atoms with Crippen molar-refractivity contribution in [3.05, 3.63) is 94.9 Å². The maximum atomic E-state index is 12.7.